The van der Waals surface area contributed by atoms with Gasteiger partial charge in [0, 0.05) is 31.9 Å². The monoisotopic (exact) mass is 381 g/mol. The van der Waals surface area contributed by atoms with Crippen LogP contribution >= 0.6 is 0 Å². The first-order valence-corrected chi connectivity index (χ1v) is 10.2. The highest BCUT2D eigenvalue weighted by Crippen LogP contribution is 2.17. The normalized spacial score (nSPS) is 16.9. The molecule has 1 heterocycles. The van der Waals surface area contributed by atoms with Crippen LogP contribution in [0.25, 0.3) is 0 Å². The Labute approximate surface area is 168 Å². The Bertz CT molecular complexity index is 733. The van der Waals surface area contributed by atoms with Crippen molar-refractivity contribution in [2.45, 2.75) is 32.9 Å². The fraction of sp³-hybridized carbons (Fsp3) is 0.435. The molecule has 150 valence electrons. The van der Waals surface area contributed by atoms with Gasteiger partial charge in [-0.1, -0.05) is 30.3 Å². The predicted molar refractivity (Wildman–Crippen MR) is 114 cm³/mol. The summed E-state index contributed by atoms with van der Waals surface area (Å²) in [5, 5.41) is 3.03. The van der Waals surface area contributed by atoms with Crippen molar-refractivity contribution in [1.29, 1.82) is 0 Å². The number of nitrogens with zero attached hydrogens (tertiary/aromatic N) is 2. The Balaban J connectivity index is 1.50. The maximum Gasteiger partial charge on any atom is 0.241 e. The number of carbonyl (C=O) groups excluding carboxylic acids is 1. The van der Waals surface area contributed by atoms with E-state index in [9.17, 15) is 4.79 Å². The second-order valence-electron chi connectivity index (χ2n) is 7.27. The number of rotatable bonds is 7. The topological polar surface area (TPSA) is 44.8 Å². The zero-order chi connectivity index (χ0) is 19.8. The standard InChI is InChI=1S/C23H31N3O2/c1-3-28-22-12-10-21(11-13-22)24-23(27)19(2)26-15-7-14-25(16-17-26)18-20-8-5-4-6-9-20/h4-6,8-13,19H,3,7,14-18H2,1-2H3,(H,24,27). The minimum Gasteiger partial charge on any atom is -0.494 e. The van der Waals surface area contributed by atoms with E-state index < -0.39 is 0 Å². The van der Waals surface area contributed by atoms with Crippen molar-refractivity contribution in [3.05, 3.63) is 60.2 Å². The number of amides is 1. The van der Waals surface area contributed by atoms with Crippen molar-refractivity contribution in [3.63, 3.8) is 0 Å². The first-order valence-electron chi connectivity index (χ1n) is 10.2. The molecule has 1 N–H and O–H groups in total. The fourth-order valence-corrected chi connectivity index (χ4v) is 3.59. The smallest absolute Gasteiger partial charge is 0.241 e. The van der Waals surface area contributed by atoms with E-state index in [1.54, 1.807) is 0 Å². The van der Waals surface area contributed by atoms with Crippen LogP contribution in [0.1, 0.15) is 25.8 Å². The van der Waals surface area contributed by atoms with Crippen molar-refractivity contribution in [2.75, 3.05) is 38.1 Å². The van der Waals surface area contributed by atoms with E-state index in [-0.39, 0.29) is 11.9 Å². The minimum absolute atomic E-state index is 0.0423. The molecule has 1 fully saturated rings. The molecule has 2 aromatic rings. The van der Waals surface area contributed by atoms with Crippen LogP contribution < -0.4 is 10.1 Å². The number of benzene rings is 2. The first-order chi connectivity index (χ1) is 13.7. The van der Waals surface area contributed by atoms with Gasteiger partial charge in [-0.3, -0.25) is 14.6 Å². The van der Waals surface area contributed by atoms with Crippen LogP contribution in [0.4, 0.5) is 5.69 Å². The molecule has 0 aliphatic carbocycles. The lowest BCUT2D eigenvalue weighted by molar-refractivity contribution is -0.120. The summed E-state index contributed by atoms with van der Waals surface area (Å²) >= 11 is 0. The Morgan fingerprint density at radius 2 is 1.79 bits per heavy atom. The molecular formula is C23H31N3O2. The van der Waals surface area contributed by atoms with Crippen LogP contribution in [0.15, 0.2) is 54.6 Å². The van der Waals surface area contributed by atoms with Crippen molar-refractivity contribution < 1.29 is 9.53 Å². The molecule has 0 spiro atoms. The third-order valence-corrected chi connectivity index (χ3v) is 5.23. The number of carbonyl (C=O) groups is 1. The summed E-state index contributed by atoms with van der Waals surface area (Å²) in [5.74, 6) is 0.861. The lowest BCUT2D eigenvalue weighted by atomic mass is 10.2. The maximum atomic E-state index is 12.7. The number of hydrogen-bond donors (Lipinski definition) is 1. The number of hydrogen-bond acceptors (Lipinski definition) is 4. The molecule has 0 radical (unpaired) electrons. The van der Waals surface area contributed by atoms with E-state index >= 15 is 0 Å². The summed E-state index contributed by atoms with van der Waals surface area (Å²) in [6, 6.07) is 18.0. The molecule has 5 heteroatoms. The van der Waals surface area contributed by atoms with Gasteiger partial charge in [-0.15, -0.1) is 0 Å². The maximum absolute atomic E-state index is 12.7. The molecule has 1 atom stereocenters. The van der Waals surface area contributed by atoms with Gasteiger partial charge in [0.05, 0.1) is 12.6 Å². The zero-order valence-corrected chi connectivity index (χ0v) is 16.9. The molecule has 5 nitrogen and oxygen atoms in total. The van der Waals surface area contributed by atoms with Crippen LogP contribution in [0.3, 0.4) is 0 Å². The van der Waals surface area contributed by atoms with Gasteiger partial charge in [-0.2, -0.15) is 0 Å². The first kappa shape index (κ1) is 20.4. The molecule has 0 saturated carbocycles. The van der Waals surface area contributed by atoms with E-state index in [0.717, 1.165) is 50.6 Å². The highest BCUT2D eigenvalue weighted by atomic mass is 16.5. The van der Waals surface area contributed by atoms with Gasteiger partial charge in [0.25, 0.3) is 0 Å². The van der Waals surface area contributed by atoms with Crippen LogP contribution in [-0.4, -0.2) is 54.5 Å². The molecule has 1 aliphatic rings. The van der Waals surface area contributed by atoms with E-state index in [2.05, 4.69) is 45.4 Å². The van der Waals surface area contributed by atoms with Gasteiger partial charge >= 0.3 is 0 Å². The number of nitrogens with one attached hydrogen (secondary N) is 1. The summed E-state index contributed by atoms with van der Waals surface area (Å²) in [7, 11) is 0. The third-order valence-electron chi connectivity index (χ3n) is 5.23. The van der Waals surface area contributed by atoms with Gasteiger partial charge in [-0.05, 0) is 56.6 Å². The lowest BCUT2D eigenvalue weighted by Gasteiger charge is -2.27. The second-order valence-corrected chi connectivity index (χ2v) is 7.27. The minimum atomic E-state index is -0.150. The summed E-state index contributed by atoms with van der Waals surface area (Å²) in [5.41, 5.74) is 2.15. The van der Waals surface area contributed by atoms with Gasteiger partial charge < -0.3 is 10.1 Å². The molecule has 1 amide bonds. The molecule has 0 bridgehead atoms. The van der Waals surface area contributed by atoms with Crippen molar-refractivity contribution in [1.82, 2.24) is 9.80 Å². The Kier molecular flexibility index (Phi) is 7.46. The summed E-state index contributed by atoms with van der Waals surface area (Å²) in [6.45, 7) is 9.47. The summed E-state index contributed by atoms with van der Waals surface area (Å²) in [6.07, 6.45) is 1.08. The molecule has 1 unspecified atom stereocenters. The van der Waals surface area contributed by atoms with Crippen molar-refractivity contribution >= 4 is 11.6 Å². The van der Waals surface area contributed by atoms with Crippen LogP contribution in [0.5, 0.6) is 5.75 Å². The van der Waals surface area contributed by atoms with Gasteiger partial charge in [0.15, 0.2) is 0 Å². The number of anilines is 1. The Morgan fingerprint density at radius 1 is 1.04 bits per heavy atom. The average molecular weight is 382 g/mol. The highest BCUT2D eigenvalue weighted by Gasteiger charge is 2.24. The average Bonchev–Trinajstić information content (AvgIpc) is 2.95. The molecule has 28 heavy (non-hydrogen) atoms. The molecule has 2 aromatic carbocycles. The Morgan fingerprint density at radius 3 is 2.50 bits per heavy atom. The van der Waals surface area contributed by atoms with E-state index in [1.165, 1.54) is 5.56 Å². The van der Waals surface area contributed by atoms with Crippen LogP contribution in [0, 0.1) is 0 Å². The lowest BCUT2D eigenvalue weighted by Crippen LogP contribution is -2.43. The predicted octanol–water partition coefficient (Wildman–Crippen LogP) is 3.62. The molecule has 1 aliphatic heterocycles. The summed E-state index contributed by atoms with van der Waals surface area (Å²) in [4.78, 5) is 17.5. The zero-order valence-electron chi connectivity index (χ0n) is 16.9. The highest BCUT2D eigenvalue weighted by molar-refractivity contribution is 5.94. The van der Waals surface area contributed by atoms with E-state index in [4.69, 9.17) is 4.74 Å². The van der Waals surface area contributed by atoms with Gasteiger partial charge in [-0.25, -0.2) is 0 Å². The van der Waals surface area contributed by atoms with Gasteiger partial charge in [0.2, 0.25) is 5.91 Å². The molecule has 3 rings (SSSR count). The van der Waals surface area contributed by atoms with Crippen molar-refractivity contribution in [2.24, 2.45) is 0 Å². The molecule has 1 saturated heterocycles. The molecule has 0 aromatic heterocycles. The quantitative estimate of drug-likeness (QED) is 0.796. The summed E-state index contributed by atoms with van der Waals surface area (Å²) < 4.78 is 5.45. The fourth-order valence-electron chi connectivity index (χ4n) is 3.59. The van der Waals surface area contributed by atoms with Crippen LogP contribution in [0.2, 0.25) is 0 Å². The largest absolute Gasteiger partial charge is 0.494 e. The van der Waals surface area contributed by atoms with E-state index in [1.807, 2.05) is 38.1 Å². The Hall–Kier alpha value is -2.37. The molecular weight excluding hydrogens is 350 g/mol. The SMILES string of the molecule is CCOc1ccc(NC(=O)C(C)N2CCCN(Cc3ccccc3)CC2)cc1. The van der Waals surface area contributed by atoms with E-state index in [0.29, 0.717) is 6.61 Å². The third kappa shape index (κ3) is 5.81. The number of ether oxygens (including phenoxy) is 1. The van der Waals surface area contributed by atoms with Crippen LogP contribution in [-0.2, 0) is 11.3 Å². The van der Waals surface area contributed by atoms with Gasteiger partial charge in [0.1, 0.15) is 5.75 Å². The second kappa shape index (κ2) is 10.2. The van der Waals surface area contributed by atoms with Crippen molar-refractivity contribution in [3.8, 4) is 5.75 Å².